The molecule has 2 N–H and O–H groups in total. The van der Waals surface area contributed by atoms with Crippen LogP contribution in [0.1, 0.15) is 28.4 Å². The average molecular weight is 345 g/mol. The van der Waals surface area contributed by atoms with Crippen LogP contribution < -0.4 is 10.6 Å². The molecule has 0 fully saturated rings. The molecule has 0 spiro atoms. The Balaban J connectivity index is 1.70. The standard InChI is InChI=1S/C22H23N3O/c1-16-12-17(2)14-19(13-16)25-21(26)15-24-22(18-8-4-3-5-9-18)20-10-6-7-11-23-20/h3-14,22,24H,15H2,1-2H3,(H,25,26). The number of aryl methyl sites for hydroxylation is 2. The molecule has 0 saturated carbocycles. The third-order valence-corrected chi connectivity index (χ3v) is 4.09. The molecule has 0 radical (unpaired) electrons. The summed E-state index contributed by atoms with van der Waals surface area (Å²) in [6, 6.07) is 21.7. The number of hydrogen-bond donors (Lipinski definition) is 2. The molecule has 1 unspecified atom stereocenters. The first-order chi connectivity index (χ1) is 12.6. The van der Waals surface area contributed by atoms with E-state index < -0.39 is 0 Å². The van der Waals surface area contributed by atoms with Crippen molar-refractivity contribution in [2.75, 3.05) is 11.9 Å². The van der Waals surface area contributed by atoms with Gasteiger partial charge in [0.1, 0.15) is 0 Å². The molecule has 4 nitrogen and oxygen atoms in total. The number of nitrogens with zero attached hydrogens (tertiary/aromatic N) is 1. The predicted octanol–water partition coefficient (Wildman–Crippen LogP) is 4.02. The molecule has 26 heavy (non-hydrogen) atoms. The summed E-state index contributed by atoms with van der Waals surface area (Å²) in [7, 11) is 0. The van der Waals surface area contributed by atoms with Crippen molar-refractivity contribution in [2.45, 2.75) is 19.9 Å². The molecule has 1 amide bonds. The van der Waals surface area contributed by atoms with E-state index in [0.29, 0.717) is 0 Å². The Labute approximate surface area is 154 Å². The minimum absolute atomic E-state index is 0.0770. The second-order valence-corrected chi connectivity index (χ2v) is 6.40. The molecule has 1 aromatic heterocycles. The zero-order valence-corrected chi connectivity index (χ0v) is 15.1. The molecule has 0 aliphatic carbocycles. The van der Waals surface area contributed by atoms with Crippen molar-refractivity contribution >= 4 is 11.6 Å². The fraction of sp³-hybridized carbons (Fsp3) is 0.182. The zero-order chi connectivity index (χ0) is 18.4. The van der Waals surface area contributed by atoms with Gasteiger partial charge in [0, 0.05) is 11.9 Å². The Kier molecular flexibility index (Phi) is 5.77. The van der Waals surface area contributed by atoms with E-state index in [4.69, 9.17) is 0 Å². The Morgan fingerprint density at radius 1 is 0.962 bits per heavy atom. The normalized spacial score (nSPS) is 11.8. The van der Waals surface area contributed by atoms with Crippen LogP contribution in [0.2, 0.25) is 0 Å². The summed E-state index contributed by atoms with van der Waals surface area (Å²) in [4.78, 5) is 16.9. The fourth-order valence-electron chi connectivity index (χ4n) is 3.03. The number of rotatable bonds is 6. The number of hydrogen-bond acceptors (Lipinski definition) is 3. The number of carbonyl (C=O) groups excluding carboxylic acids is 1. The molecule has 0 aliphatic heterocycles. The molecule has 132 valence electrons. The van der Waals surface area contributed by atoms with Crippen LogP contribution >= 0.6 is 0 Å². The molecule has 4 heteroatoms. The first kappa shape index (κ1) is 17.8. The van der Waals surface area contributed by atoms with Crippen LogP contribution in [0.4, 0.5) is 5.69 Å². The molecule has 1 heterocycles. The molecular formula is C22H23N3O. The summed E-state index contributed by atoms with van der Waals surface area (Å²) < 4.78 is 0. The minimum Gasteiger partial charge on any atom is -0.325 e. The molecule has 0 saturated heterocycles. The van der Waals surface area contributed by atoms with Crippen molar-refractivity contribution in [3.8, 4) is 0 Å². The Morgan fingerprint density at radius 2 is 1.65 bits per heavy atom. The SMILES string of the molecule is Cc1cc(C)cc(NC(=O)CNC(c2ccccc2)c2ccccn2)c1. The van der Waals surface area contributed by atoms with Gasteiger partial charge in [-0.2, -0.15) is 0 Å². The highest BCUT2D eigenvalue weighted by Crippen LogP contribution is 2.20. The maximum absolute atomic E-state index is 12.4. The van der Waals surface area contributed by atoms with Crippen LogP contribution in [-0.4, -0.2) is 17.4 Å². The Hall–Kier alpha value is -2.98. The Bertz CT molecular complexity index is 803. The number of pyridine rings is 1. The molecule has 0 aliphatic rings. The number of carbonyl (C=O) groups is 1. The summed E-state index contributed by atoms with van der Waals surface area (Å²) in [6.07, 6.45) is 1.77. The van der Waals surface area contributed by atoms with Gasteiger partial charge in [-0.3, -0.25) is 15.1 Å². The van der Waals surface area contributed by atoms with Gasteiger partial charge < -0.3 is 5.32 Å². The topological polar surface area (TPSA) is 54.0 Å². The highest BCUT2D eigenvalue weighted by molar-refractivity contribution is 5.92. The maximum atomic E-state index is 12.4. The summed E-state index contributed by atoms with van der Waals surface area (Å²) >= 11 is 0. The number of aromatic nitrogens is 1. The van der Waals surface area contributed by atoms with Gasteiger partial charge in [0.15, 0.2) is 0 Å². The number of amides is 1. The van der Waals surface area contributed by atoms with E-state index in [1.54, 1.807) is 6.20 Å². The van der Waals surface area contributed by atoms with Crippen LogP contribution in [0, 0.1) is 13.8 Å². The van der Waals surface area contributed by atoms with Crippen molar-refractivity contribution in [3.63, 3.8) is 0 Å². The average Bonchev–Trinajstić information content (AvgIpc) is 2.63. The van der Waals surface area contributed by atoms with Gasteiger partial charge in [-0.1, -0.05) is 42.5 Å². The molecule has 3 aromatic rings. The molecule has 1 atom stereocenters. The largest absolute Gasteiger partial charge is 0.325 e. The van der Waals surface area contributed by atoms with Crippen LogP contribution in [0.15, 0.2) is 72.9 Å². The van der Waals surface area contributed by atoms with Crippen LogP contribution in [0.3, 0.4) is 0 Å². The predicted molar refractivity (Wildman–Crippen MR) is 105 cm³/mol. The van der Waals surface area contributed by atoms with Gasteiger partial charge in [0.05, 0.1) is 18.3 Å². The van der Waals surface area contributed by atoms with Crippen molar-refractivity contribution < 1.29 is 4.79 Å². The third-order valence-electron chi connectivity index (χ3n) is 4.09. The van der Waals surface area contributed by atoms with E-state index in [1.165, 1.54) is 0 Å². The van der Waals surface area contributed by atoms with E-state index in [0.717, 1.165) is 28.1 Å². The van der Waals surface area contributed by atoms with Gasteiger partial charge in [-0.25, -0.2) is 0 Å². The lowest BCUT2D eigenvalue weighted by molar-refractivity contribution is -0.115. The van der Waals surface area contributed by atoms with E-state index in [-0.39, 0.29) is 18.5 Å². The summed E-state index contributed by atoms with van der Waals surface area (Å²) in [5, 5.41) is 6.29. The number of nitrogens with one attached hydrogen (secondary N) is 2. The van der Waals surface area contributed by atoms with E-state index >= 15 is 0 Å². The van der Waals surface area contributed by atoms with Gasteiger partial charge in [0.25, 0.3) is 0 Å². The quantitative estimate of drug-likeness (QED) is 0.709. The van der Waals surface area contributed by atoms with Crippen LogP contribution in [-0.2, 0) is 4.79 Å². The van der Waals surface area contributed by atoms with Gasteiger partial charge in [-0.15, -0.1) is 0 Å². The van der Waals surface area contributed by atoms with E-state index in [1.807, 2.05) is 74.5 Å². The van der Waals surface area contributed by atoms with Crippen molar-refractivity contribution in [1.29, 1.82) is 0 Å². The lowest BCUT2D eigenvalue weighted by atomic mass is 10.0. The van der Waals surface area contributed by atoms with Gasteiger partial charge >= 0.3 is 0 Å². The number of anilines is 1. The van der Waals surface area contributed by atoms with Gasteiger partial charge in [-0.05, 0) is 54.8 Å². The third kappa shape index (κ3) is 4.77. The monoisotopic (exact) mass is 345 g/mol. The lowest BCUT2D eigenvalue weighted by Crippen LogP contribution is -2.32. The fourth-order valence-corrected chi connectivity index (χ4v) is 3.03. The van der Waals surface area contributed by atoms with E-state index in [9.17, 15) is 4.79 Å². The zero-order valence-electron chi connectivity index (χ0n) is 15.1. The van der Waals surface area contributed by atoms with Crippen molar-refractivity contribution in [3.05, 3.63) is 95.3 Å². The summed E-state index contributed by atoms with van der Waals surface area (Å²) in [6.45, 7) is 4.24. The number of benzene rings is 2. The maximum Gasteiger partial charge on any atom is 0.238 e. The van der Waals surface area contributed by atoms with Crippen molar-refractivity contribution in [1.82, 2.24) is 10.3 Å². The molecule has 3 rings (SSSR count). The van der Waals surface area contributed by atoms with Crippen LogP contribution in [0.25, 0.3) is 0 Å². The molecule has 0 bridgehead atoms. The lowest BCUT2D eigenvalue weighted by Gasteiger charge is -2.19. The smallest absolute Gasteiger partial charge is 0.238 e. The van der Waals surface area contributed by atoms with E-state index in [2.05, 4.69) is 21.7 Å². The van der Waals surface area contributed by atoms with Crippen LogP contribution in [0.5, 0.6) is 0 Å². The summed E-state index contributed by atoms with van der Waals surface area (Å²) in [5.74, 6) is -0.0770. The second kappa shape index (κ2) is 8.41. The Morgan fingerprint density at radius 3 is 2.31 bits per heavy atom. The van der Waals surface area contributed by atoms with Crippen molar-refractivity contribution in [2.24, 2.45) is 0 Å². The second-order valence-electron chi connectivity index (χ2n) is 6.40. The highest BCUT2D eigenvalue weighted by Gasteiger charge is 2.16. The highest BCUT2D eigenvalue weighted by atomic mass is 16.1. The summed E-state index contributed by atoms with van der Waals surface area (Å²) in [5.41, 5.74) is 5.04. The van der Waals surface area contributed by atoms with Gasteiger partial charge in [0.2, 0.25) is 5.91 Å². The first-order valence-corrected chi connectivity index (χ1v) is 8.69. The first-order valence-electron chi connectivity index (χ1n) is 8.69. The minimum atomic E-state index is -0.137. The molecular weight excluding hydrogens is 322 g/mol. The molecule has 2 aromatic carbocycles.